The normalized spacial score (nSPS) is 12.0. The van der Waals surface area contributed by atoms with Crippen LogP contribution in [0.5, 0.6) is 0 Å². The van der Waals surface area contributed by atoms with E-state index in [4.69, 9.17) is 0 Å². The van der Waals surface area contributed by atoms with Gasteiger partial charge in [0.1, 0.15) is 0 Å². The highest BCUT2D eigenvalue weighted by Gasteiger charge is 1.95. The Morgan fingerprint density at radius 1 is 1.50 bits per heavy atom. The SMILES string of the molecule is SCCC[SiH2]C(Br)Br. The predicted octanol–water partition coefficient (Wildman–Crippen LogP) is 1.97. The smallest absolute Gasteiger partial charge is 0.0551 e. The molecule has 0 bridgehead atoms. The first-order valence-electron chi connectivity index (χ1n) is 2.66. The lowest BCUT2D eigenvalue weighted by molar-refractivity contribution is 1.10. The fourth-order valence-electron chi connectivity index (χ4n) is 0.410. The molecule has 0 heterocycles. The second-order valence-electron chi connectivity index (χ2n) is 1.61. The lowest BCUT2D eigenvalue weighted by atomic mass is 10.6. The van der Waals surface area contributed by atoms with Crippen LogP contribution in [0.4, 0.5) is 0 Å². The van der Waals surface area contributed by atoms with E-state index in [1.165, 1.54) is 12.5 Å². The summed E-state index contributed by atoms with van der Waals surface area (Å²) in [5.74, 6) is 1.04. The molecule has 0 aliphatic heterocycles. The van der Waals surface area contributed by atoms with Crippen LogP contribution in [0.25, 0.3) is 0 Å². The summed E-state index contributed by atoms with van der Waals surface area (Å²) >= 11 is 11.0. The van der Waals surface area contributed by atoms with Crippen molar-refractivity contribution < 1.29 is 0 Å². The van der Waals surface area contributed by atoms with Crippen LogP contribution in [0.3, 0.4) is 0 Å². The van der Waals surface area contributed by atoms with E-state index >= 15 is 0 Å². The molecule has 0 rings (SSSR count). The lowest BCUT2D eigenvalue weighted by Gasteiger charge is -1.96. The third kappa shape index (κ3) is 7.53. The molecule has 0 aromatic heterocycles. The van der Waals surface area contributed by atoms with Crippen LogP contribution >= 0.6 is 44.5 Å². The average molecular weight is 278 g/mol. The van der Waals surface area contributed by atoms with Gasteiger partial charge in [0.2, 0.25) is 0 Å². The summed E-state index contributed by atoms with van der Waals surface area (Å²) in [5, 5.41) is 0. The van der Waals surface area contributed by atoms with E-state index in [0.29, 0.717) is 3.36 Å². The van der Waals surface area contributed by atoms with Crippen molar-refractivity contribution in [3.05, 3.63) is 0 Å². The minimum Gasteiger partial charge on any atom is -0.179 e. The van der Waals surface area contributed by atoms with Gasteiger partial charge in [-0.3, -0.25) is 0 Å². The first-order chi connectivity index (χ1) is 3.77. The highest BCUT2D eigenvalue weighted by atomic mass is 79.9. The zero-order valence-corrected chi connectivity index (χ0v) is 10.1. The van der Waals surface area contributed by atoms with Crippen molar-refractivity contribution in [2.45, 2.75) is 15.8 Å². The van der Waals surface area contributed by atoms with Crippen molar-refractivity contribution in [2.75, 3.05) is 5.75 Å². The quantitative estimate of drug-likeness (QED) is 0.345. The molecule has 0 atom stereocenters. The number of alkyl halides is 2. The van der Waals surface area contributed by atoms with Crippen molar-refractivity contribution in [1.82, 2.24) is 0 Å². The molecule has 0 aliphatic rings. The first-order valence-corrected chi connectivity index (χ1v) is 6.94. The molecule has 50 valence electrons. The van der Waals surface area contributed by atoms with Gasteiger partial charge in [0.15, 0.2) is 0 Å². The van der Waals surface area contributed by atoms with E-state index in [1.54, 1.807) is 0 Å². The number of rotatable bonds is 4. The molecule has 0 unspecified atom stereocenters. The van der Waals surface area contributed by atoms with Gasteiger partial charge < -0.3 is 0 Å². The summed E-state index contributed by atoms with van der Waals surface area (Å²) in [4.78, 5) is 0. The molecule has 0 spiro atoms. The fourth-order valence-corrected chi connectivity index (χ4v) is 3.84. The Bertz CT molecular complexity index is 51.3. The van der Waals surface area contributed by atoms with Crippen LogP contribution in [0.1, 0.15) is 6.42 Å². The lowest BCUT2D eigenvalue weighted by Crippen LogP contribution is -1.98. The van der Waals surface area contributed by atoms with Crippen molar-refractivity contribution >= 4 is 54.0 Å². The molecular formula is C4H10Br2SSi. The van der Waals surface area contributed by atoms with Crippen LogP contribution in [-0.4, -0.2) is 18.6 Å². The highest BCUT2D eigenvalue weighted by molar-refractivity contribution is 9.25. The molecule has 0 aromatic carbocycles. The summed E-state index contributed by atoms with van der Waals surface area (Å²) in [7, 11) is 0.120. The maximum atomic E-state index is 4.11. The average Bonchev–Trinajstić information content (AvgIpc) is 1.66. The highest BCUT2D eigenvalue weighted by Crippen LogP contribution is 2.08. The Hall–Kier alpha value is 1.53. The van der Waals surface area contributed by atoms with Gasteiger partial charge in [0.05, 0.1) is 3.36 Å². The monoisotopic (exact) mass is 276 g/mol. The molecule has 0 fully saturated rings. The van der Waals surface area contributed by atoms with Crippen LogP contribution in [0.15, 0.2) is 0 Å². The van der Waals surface area contributed by atoms with E-state index in [1.807, 2.05) is 0 Å². The van der Waals surface area contributed by atoms with E-state index in [2.05, 4.69) is 44.5 Å². The standard InChI is InChI=1S/C4H10Br2SSi/c5-4(6)8-3-1-2-7/h4,7H,1-3,8H2. The van der Waals surface area contributed by atoms with Gasteiger partial charge in [-0.1, -0.05) is 37.9 Å². The van der Waals surface area contributed by atoms with Crippen molar-refractivity contribution in [3.63, 3.8) is 0 Å². The van der Waals surface area contributed by atoms with Crippen molar-refractivity contribution in [1.29, 1.82) is 0 Å². The Balaban J connectivity index is 2.72. The Morgan fingerprint density at radius 3 is 2.50 bits per heavy atom. The predicted molar refractivity (Wildman–Crippen MR) is 53.5 cm³/mol. The third-order valence-corrected chi connectivity index (χ3v) is 5.24. The molecule has 0 N–H and O–H groups in total. The molecule has 0 saturated carbocycles. The minimum absolute atomic E-state index is 0.120. The third-order valence-electron chi connectivity index (χ3n) is 0.830. The van der Waals surface area contributed by atoms with Gasteiger partial charge in [-0.25, -0.2) is 0 Å². The maximum Gasteiger partial charge on any atom is 0.0551 e. The zero-order chi connectivity index (χ0) is 6.41. The summed E-state index contributed by atoms with van der Waals surface area (Å²) in [5.41, 5.74) is 0. The number of hydrogen-bond donors (Lipinski definition) is 1. The topological polar surface area (TPSA) is 0 Å². The van der Waals surface area contributed by atoms with Gasteiger partial charge >= 0.3 is 0 Å². The van der Waals surface area contributed by atoms with Gasteiger partial charge in [-0.15, -0.1) is 0 Å². The number of halogens is 2. The van der Waals surface area contributed by atoms with Gasteiger partial charge in [0.25, 0.3) is 0 Å². The summed E-state index contributed by atoms with van der Waals surface area (Å²) in [6.07, 6.45) is 1.28. The fraction of sp³-hybridized carbons (Fsp3) is 1.00. The Morgan fingerprint density at radius 2 is 2.12 bits per heavy atom. The zero-order valence-electron chi connectivity index (χ0n) is 4.61. The van der Waals surface area contributed by atoms with E-state index in [0.717, 1.165) is 5.75 Å². The molecular weight excluding hydrogens is 268 g/mol. The summed E-state index contributed by atoms with van der Waals surface area (Å²) in [6.45, 7) is 0. The Labute approximate surface area is 75.3 Å². The van der Waals surface area contributed by atoms with E-state index in [9.17, 15) is 0 Å². The molecule has 0 saturated heterocycles. The largest absolute Gasteiger partial charge is 0.179 e. The Kier molecular flexibility index (Phi) is 7.91. The van der Waals surface area contributed by atoms with E-state index < -0.39 is 0 Å². The van der Waals surface area contributed by atoms with Crippen LogP contribution in [-0.2, 0) is 0 Å². The summed E-state index contributed by atoms with van der Waals surface area (Å²) in [6, 6.07) is 1.39. The molecule has 0 radical (unpaired) electrons. The van der Waals surface area contributed by atoms with Crippen LogP contribution in [0, 0.1) is 0 Å². The molecule has 4 heteroatoms. The van der Waals surface area contributed by atoms with Crippen LogP contribution < -0.4 is 0 Å². The first kappa shape index (κ1) is 9.53. The van der Waals surface area contributed by atoms with Gasteiger partial charge in [-0.2, -0.15) is 12.6 Å². The second kappa shape index (κ2) is 6.64. The molecule has 0 aliphatic carbocycles. The van der Waals surface area contributed by atoms with Crippen molar-refractivity contribution in [2.24, 2.45) is 0 Å². The van der Waals surface area contributed by atoms with Gasteiger partial charge in [0, 0.05) is 9.52 Å². The summed E-state index contributed by atoms with van der Waals surface area (Å²) < 4.78 is 0.634. The minimum atomic E-state index is 0.120. The maximum absolute atomic E-state index is 4.11. The van der Waals surface area contributed by atoms with Crippen molar-refractivity contribution in [3.8, 4) is 0 Å². The molecule has 0 nitrogen and oxygen atoms in total. The van der Waals surface area contributed by atoms with Crippen LogP contribution in [0.2, 0.25) is 6.04 Å². The molecule has 8 heavy (non-hydrogen) atoms. The van der Waals surface area contributed by atoms with E-state index in [-0.39, 0.29) is 9.52 Å². The second-order valence-corrected chi connectivity index (χ2v) is 9.99. The van der Waals surface area contributed by atoms with Gasteiger partial charge in [-0.05, 0) is 12.2 Å². The molecule has 0 amide bonds. The number of hydrogen-bond acceptors (Lipinski definition) is 1. The number of thiol groups is 1. The molecule has 0 aromatic rings.